The van der Waals surface area contributed by atoms with Crippen molar-refractivity contribution in [3.8, 4) is 44.9 Å². The van der Waals surface area contributed by atoms with Crippen molar-refractivity contribution >= 4 is 53.2 Å². The first kappa shape index (κ1) is 45.5. The number of hydrogen-bond donors (Lipinski definition) is 0. The zero-order chi connectivity index (χ0) is 34.7. The van der Waals surface area contributed by atoms with Crippen LogP contribution in [-0.4, -0.2) is 6.88 Å². The van der Waals surface area contributed by atoms with Crippen molar-refractivity contribution in [2.24, 2.45) is 0 Å². The molecule has 2 nitrogen and oxygen atoms in total. The van der Waals surface area contributed by atoms with Gasteiger partial charge in [-0.25, -0.2) is 0 Å². The van der Waals surface area contributed by atoms with Crippen LogP contribution in [0.4, 0.5) is 0 Å². The summed E-state index contributed by atoms with van der Waals surface area (Å²) in [5.41, 5.74) is 12.9. The summed E-state index contributed by atoms with van der Waals surface area (Å²) in [6.45, 7) is 16.0. The SMILES string of the molecule is CCc1ccc(-c2cc3c(-c4ccccc4)c(C)c(C)cc3[cH-]2)o1.Cc1ccc(-c2cc3c(-c4ccccc4)c(C)c(C)cc3[cH-]2)o1.Cl.Cl.[CH3-].[CH3-].[Si]=[Zr]. The van der Waals surface area contributed by atoms with Gasteiger partial charge >= 0.3 is 30.2 Å². The number of benzene rings is 4. The average Bonchev–Trinajstić information content (AvgIpc) is 3.94. The molecule has 0 aliphatic heterocycles. The zero-order valence-corrected chi connectivity index (χ0v) is 37.0. The molecule has 2 heterocycles. The Labute approximate surface area is 345 Å². The number of halogens is 2. The first-order valence-electron chi connectivity index (χ1n) is 16.7. The molecule has 0 unspecified atom stereocenters. The number of hydrogen-bond acceptors (Lipinski definition) is 2. The fourth-order valence-electron chi connectivity index (χ4n) is 6.76. The number of rotatable bonds is 5. The van der Waals surface area contributed by atoms with E-state index < -0.39 is 0 Å². The van der Waals surface area contributed by atoms with E-state index in [0.29, 0.717) is 0 Å². The molecule has 0 spiro atoms. The third kappa shape index (κ3) is 9.53. The first-order valence-corrected chi connectivity index (χ1v) is 20.9. The fraction of sp³-hybridized carbons (Fsp3) is 0.149. The minimum atomic E-state index is 0. The normalized spacial score (nSPS) is 10.1. The second-order valence-electron chi connectivity index (χ2n) is 12.6. The van der Waals surface area contributed by atoms with E-state index in [-0.39, 0.29) is 39.7 Å². The molecule has 0 N–H and O–H groups in total. The second kappa shape index (κ2) is 20.1. The first-order chi connectivity index (χ1) is 23.8. The van der Waals surface area contributed by atoms with Crippen LogP contribution >= 0.6 is 24.8 Å². The van der Waals surface area contributed by atoms with Gasteiger partial charge in [0.2, 0.25) is 0 Å². The predicted octanol–water partition coefficient (Wildman–Crippen LogP) is 14.4. The van der Waals surface area contributed by atoms with Crippen LogP contribution in [0.3, 0.4) is 0 Å². The van der Waals surface area contributed by atoms with E-state index in [4.69, 9.17) is 8.83 Å². The Morgan fingerprint density at radius 2 is 0.962 bits per heavy atom. The van der Waals surface area contributed by atoms with Crippen LogP contribution in [0.5, 0.6) is 0 Å². The molecule has 6 aromatic carbocycles. The van der Waals surface area contributed by atoms with Crippen molar-refractivity contribution in [1.29, 1.82) is 0 Å². The van der Waals surface area contributed by atoms with Gasteiger partial charge in [0, 0.05) is 6.42 Å². The van der Waals surface area contributed by atoms with Gasteiger partial charge in [-0.1, -0.05) is 101 Å². The van der Waals surface area contributed by atoms with Crippen LogP contribution in [0.2, 0.25) is 0 Å². The summed E-state index contributed by atoms with van der Waals surface area (Å²) in [4.78, 5) is 0. The van der Waals surface area contributed by atoms with Crippen LogP contribution in [0.25, 0.3) is 66.4 Å². The molecule has 0 bridgehead atoms. The summed E-state index contributed by atoms with van der Waals surface area (Å²) < 4.78 is 11.8. The third-order valence-electron chi connectivity index (χ3n) is 9.50. The second-order valence-corrected chi connectivity index (χ2v) is 12.6. The predicted molar refractivity (Wildman–Crippen MR) is 231 cm³/mol. The van der Waals surface area contributed by atoms with Crippen LogP contribution in [-0.2, 0) is 29.8 Å². The van der Waals surface area contributed by atoms with Gasteiger partial charge in [0.1, 0.15) is 0 Å². The number of furan rings is 2. The van der Waals surface area contributed by atoms with Gasteiger partial charge in [-0.05, 0) is 81.1 Å². The quantitative estimate of drug-likeness (QED) is 0.128. The molecular formula is C47H48Cl2O2SiZr-4. The Morgan fingerprint density at radius 3 is 1.34 bits per heavy atom. The summed E-state index contributed by atoms with van der Waals surface area (Å²) in [5.74, 6) is 3.87. The average molecular weight is 835 g/mol. The maximum absolute atomic E-state index is 5.95. The molecule has 8 rings (SSSR count). The van der Waals surface area contributed by atoms with Crippen molar-refractivity contribution in [2.45, 2.75) is 48.0 Å². The summed E-state index contributed by atoms with van der Waals surface area (Å²) in [6.07, 6.45) is 0.924. The Bertz CT molecular complexity index is 2360. The molecule has 0 aliphatic carbocycles. The van der Waals surface area contributed by atoms with Crippen LogP contribution < -0.4 is 0 Å². The molecule has 6 heteroatoms. The van der Waals surface area contributed by atoms with Crippen molar-refractivity contribution in [3.63, 3.8) is 0 Å². The summed E-state index contributed by atoms with van der Waals surface area (Å²) in [6, 6.07) is 43.0. The van der Waals surface area contributed by atoms with Crippen molar-refractivity contribution in [3.05, 3.63) is 170 Å². The van der Waals surface area contributed by atoms with Gasteiger partial charge in [-0.3, -0.25) is 0 Å². The molecular weight excluding hydrogens is 787 g/mol. The van der Waals surface area contributed by atoms with E-state index in [2.05, 4.69) is 151 Å². The maximum atomic E-state index is 5.95. The van der Waals surface area contributed by atoms with Gasteiger partial charge in [0.25, 0.3) is 0 Å². The fourth-order valence-corrected chi connectivity index (χ4v) is 6.76. The molecule has 0 saturated carbocycles. The summed E-state index contributed by atoms with van der Waals surface area (Å²) >= 11 is 1.36. The molecule has 8 aromatic rings. The molecule has 0 amide bonds. The molecule has 53 heavy (non-hydrogen) atoms. The van der Waals surface area contributed by atoms with Crippen molar-refractivity contribution in [2.75, 3.05) is 0 Å². The number of fused-ring (bicyclic) bond motifs is 2. The topological polar surface area (TPSA) is 26.3 Å². The Kier molecular flexibility index (Phi) is 17.3. The molecule has 274 valence electrons. The van der Waals surface area contributed by atoms with Crippen LogP contribution in [0, 0.1) is 49.5 Å². The Balaban J connectivity index is 0.000000327. The van der Waals surface area contributed by atoms with E-state index in [1.165, 1.54) is 89.4 Å². The number of aryl methyl sites for hydroxylation is 4. The van der Waals surface area contributed by atoms with Crippen LogP contribution in [0.1, 0.15) is 40.7 Å². The van der Waals surface area contributed by atoms with Gasteiger partial charge < -0.3 is 23.7 Å². The van der Waals surface area contributed by atoms with E-state index in [9.17, 15) is 0 Å². The summed E-state index contributed by atoms with van der Waals surface area (Å²) in [5, 5.41) is 5.15. The molecule has 0 fully saturated rings. The molecule has 0 saturated heterocycles. The van der Waals surface area contributed by atoms with Gasteiger partial charge in [0.15, 0.2) is 0 Å². The van der Waals surface area contributed by atoms with Gasteiger partial charge in [-0.15, -0.1) is 82.8 Å². The van der Waals surface area contributed by atoms with E-state index in [1.807, 2.05) is 19.1 Å². The Morgan fingerprint density at radius 1 is 0.547 bits per heavy atom. The van der Waals surface area contributed by atoms with Crippen molar-refractivity contribution in [1.82, 2.24) is 0 Å². The molecule has 2 aromatic heterocycles. The molecule has 2 radical (unpaired) electrons. The van der Waals surface area contributed by atoms with Crippen LogP contribution in [0.15, 0.2) is 130 Å². The van der Waals surface area contributed by atoms with Crippen molar-refractivity contribution < 1.29 is 32.2 Å². The third-order valence-corrected chi connectivity index (χ3v) is 9.50. The molecule has 0 atom stereocenters. The summed E-state index contributed by atoms with van der Waals surface area (Å²) in [7, 11) is 0. The monoisotopic (exact) mass is 832 g/mol. The Hall–Kier alpha value is -3.66. The van der Waals surface area contributed by atoms with E-state index in [1.54, 1.807) is 0 Å². The van der Waals surface area contributed by atoms with Gasteiger partial charge in [0.05, 0.1) is 23.0 Å². The zero-order valence-electron chi connectivity index (χ0n) is 31.9. The van der Waals surface area contributed by atoms with E-state index in [0.717, 1.165) is 40.6 Å². The minimum absolute atomic E-state index is 0. The van der Waals surface area contributed by atoms with E-state index >= 15 is 0 Å². The van der Waals surface area contributed by atoms with Gasteiger partial charge in [-0.2, -0.15) is 0 Å². The molecule has 0 aliphatic rings. The standard InChI is InChI=1S/C23H21O.C22H19O.2CH3.2ClH.Si.Zr/c1-4-20-10-11-22(24-20)19-13-18-12-15(2)16(3)23(21(18)14-19)17-8-6-5-7-9-17;1-14-11-18-12-19(21-10-9-15(2)23-21)13-20(18)22(16(14)3)17-7-5-4-6-8-17;;;;;;/h5-14H,4H2,1-3H3;4-13H,1-3H3;2*1H3;2*1H;;/q4*-1;;;;.